The number of esters is 1. The van der Waals surface area contributed by atoms with Crippen molar-refractivity contribution >= 4 is 23.3 Å². The molecule has 1 spiro atoms. The van der Waals surface area contributed by atoms with Gasteiger partial charge in [-0.25, -0.2) is 4.79 Å². The highest BCUT2D eigenvalue weighted by molar-refractivity contribution is 5.96. The van der Waals surface area contributed by atoms with Gasteiger partial charge in [-0.1, -0.05) is 37.6 Å². The van der Waals surface area contributed by atoms with Crippen molar-refractivity contribution in [3.63, 3.8) is 0 Å². The minimum Gasteiger partial charge on any atom is -0.508 e. The van der Waals surface area contributed by atoms with Gasteiger partial charge in [0.05, 0.1) is 12.1 Å². The molecule has 0 saturated carbocycles. The van der Waals surface area contributed by atoms with Gasteiger partial charge in [0.1, 0.15) is 29.8 Å². The smallest absolute Gasteiger partial charge is 0.334 e. The number of allylic oxidation sites excluding steroid dienone is 2. The van der Waals surface area contributed by atoms with E-state index >= 15 is 0 Å². The number of carbonyl (C=O) groups excluding carboxylic acids is 3. The number of nitrogens with one attached hydrogen (secondary N) is 1. The number of fused-ring (bicyclic) bond motifs is 2. The zero-order chi connectivity index (χ0) is 29.2. The molecular weight excluding hydrogens is 514 g/mol. The third kappa shape index (κ3) is 6.47. The number of aliphatic hydroxyl groups excluding tert-OH is 1. The molecule has 3 heterocycles. The van der Waals surface area contributed by atoms with Crippen LogP contribution in [0.5, 0.6) is 11.5 Å². The number of benzene rings is 1. The second-order valence-corrected chi connectivity index (χ2v) is 11.2. The molecule has 216 valence electrons. The molecule has 0 radical (unpaired) electrons. The van der Waals surface area contributed by atoms with Crippen molar-refractivity contribution in [2.24, 2.45) is 11.8 Å². The van der Waals surface area contributed by atoms with Crippen LogP contribution in [0.15, 0.2) is 47.6 Å². The third-order valence-electron chi connectivity index (χ3n) is 7.71. The molecule has 1 aromatic carbocycles. The number of ketones is 1. The predicted octanol–water partition coefficient (Wildman–Crippen LogP) is 5.04. The van der Waals surface area contributed by atoms with Crippen molar-refractivity contribution in [3.8, 4) is 11.5 Å². The van der Waals surface area contributed by atoms with E-state index in [0.717, 1.165) is 12.0 Å². The second kappa shape index (κ2) is 12.0. The Bertz CT molecular complexity index is 1260. The Morgan fingerprint density at radius 1 is 1.23 bits per heavy atom. The third-order valence-corrected chi connectivity index (χ3v) is 7.71. The summed E-state index contributed by atoms with van der Waals surface area (Å²) in [5, 5.41) is 24.0. The van der Waals surface area contributed by atoms with Crippen LogP contribution in [0.2, 0.25) is 0 Å². The van der Waals surface area contributed by atoms with E-state index in [1.165, 1.54) is 18.2 Å². The van der Waals surface area contributed by atoms with E-state index in [0.29, 0.717) is 24.2 Å². The summed E-state index contributed by atoms with van der Waals surface area (Å²) in [5.41, 5.74) is 1.87. The highest BCUT2D eigenvalue weighted by Gasteiger charge is 2.52. The van der Waals surface area contributed by atoms with Gasteiger partial charge >= 0.3 is 5.97 Å². The molecule has 3 aliphatic rings. The topological polar surface area (TPSA) is 131 Å². The van der Waals surface area contributed by atoms with E-state index in [-0.39, 0.29) is 41.6 Å². The van der Waals surface area contributed by atoms with Crippen LogP contribution in [0.1, 0.15) is 78.4 Å². The fourth-order valence-electron chi connectivity index (χ4n) is 5.32. The SMILES string of the molecule is CC[C@H]1C=C[C@@H]([C@@H](O)C=C(C)C)OC(=O)C(C)=CCC(=O)Nc2cc(O)cc3c2O[C@@]2(CC1)CC(=O)[C@@H](C)[C@@H]3O2. The summed E-state index contributed by atoms with van der Waals surface area (Å²) in [7, 11) is 0. The maximum Gasteiger partial charge on any atom is 0.334 e. The zero-order valence-corrected chi connectivity index (χ0v) is 23.7. The Morgan fingerprint density at radius 3 is 2.67 bits per heavy atom. The van der Waals surface area contributed by atoms with Gasteiger partial charge in [-0.2, -0.15) is 0 Å². The highest BCUT2D eigenvalue weighted by atomic mass is 16.7. The van der Waals surface area contributed by atoms with Crippen LogP contribution in [-0.4, -0.2) is 45.9 Å². The van der Waals surface area contributed by atoms with Crippen molar-refractivity contribution in [1.29, 1.82) is 0 Å². The monoisotopic (exact) mass is 553 g/mol. The van der Waals surface area contributed by atoms with E-state index < -0.39 is 41.9 Å². The van der Waals surface area contributed by atoms with Gasteiger partial charge in [0.2, 0.25) is 11.7 Å². The molecule has 3 bridgehead atoms. The fraction of sp³-hybridized carbons (Fsp3) is 0.516. The second-order valence-electron chi connectivity index (χ2n) is 11.2. The predicted molar refractivity (Wildman–Crippen MR) is 149 cm³/mol. The Balaban J connectivity index is 1.76. The lowest BCUT2D eigenvalue weighted by Crippen LogP contribution is -2.52. The number of phenols is 1. The highest BCUT2D eigenvalue weighted by Crippen LogP contribution is 2.53. The maximum atomic E-state index is 13.1. The van der Waals surface area contributed by atoms with E-state index in [1.54, 1.807) is 26.0 Å². The van der Waals surface area contributed by atoms with E-state index in [2.05, 4.69) is 5.32 Å². The molecule has 0 aromatic heterocycles. The number of phenolic OH excluding ortho intramolecular Hbond substituents is 1. The molecule has 6 atom stereocenters. The maximum absolute atomic E-state index is 13.1. The molecular formula is C31H39NO8. The van der Waals surface area contributed by atoms with Gasteiger partial charge in [0, 0.05) is 36.0 Å². The molecule has 9 nitrogen and oxygen atoms in total. The molecule has 9 heteroatoms. The van der Waals surface area contributed by atoms with Gasteiger partial charge in [0.15, 0.2) is 5.75 Å². The lowest BCUT2D eigenvalue weighted by atomic mass is 9.82. The number of rotatable bonds is 3. The number of Topliss-reactive ketones (excluding diaryl/α,β-unsaturated/α-hetero) is 1. The van der Waals surface area contributed by atoms with Crippen LogP contribution < -0.4 is 10.1 Å². The van der Waals surface area contributed by atoms with Gasteiger partial charge in [-0.3, -0.25) is 9.59 Å². The molecule has 40 heavy (non-hydrogen) atoms. The van der Waals surface area contributed by atoms with Crippen LogP contribution in [0.25, 0.3) is 0 Å². The number of ether oxygens (including phenoxy) is 3. The Kier molecular flexibility index (Phi) is 8.85. The summed E-state index contributed by atoms with van der Waals surface area (Å²) < 4.78 is 18.5. The average molecular weight is 554 g/mol. The number of hydrogen-bond donors (Lipinski definition) is 3. The molecule has 0 unspecified atom stereocenters. The molecule has 1 saturated heterocycles. The zero-order valence-electron chi connectivity index (χ0n) is 23.7. The number of carbonyl (C=O) groups is 3. The quantitative estimate of drug-likeness (QED) is 0.351. The van der Waals surface area contributed by atoms with E-state index in [1.807, 2.05) is 26.8 Å². The Morgan fingerprint density at radius 2 is 1.98 bits per heavy atom. The largest absolute Gasteiger partial charge is 0.508 e. The summed E-state index contributed by atoms with van der Waals surface area (Å²) in [4.78, 5) is 38.8. The first-order valence-corrected chi connectivity index (χ1v) is 13.9. The van der Waals surface area contributed by atoms with Crippen molar-refractivity contribution in [1.82, 2.24) is 0 Å². The molecule has 1 fully saturated rings. The van der Waals surface area contributed by atoms with Crippen LogP contribution >= 0.6 is 0 Å². The van der Waals surface area contributed by atoms with Gasteiger partial charge < -0.3 is 29.7 Å². The molecule has 4 rings (SSSR count). The summed E-state index contributed by atoms with van der Waals surface area (Å²) in [5.74, 6) is -2.46. The molecule has 3 N–H and O–H groups in total. The normalized spacial score (nSPS) is 29.8. The lowest BCUT2D eigenvalue weighted by Gasteiger charge is -2.48. The number of amides is 1. The number of cyclic esters (lactones) is 1. The summed E-state index contributed by atoms with van der Waals surface area (Å²) in [6.45, 7) is 9.06. The minimum atomic E-state index is -1.23. The van der Waals surface area contributed by atoms with Crippen molar-refractivity contribution in [3.05, 3.63) is 53.1 Å². The van der Waals surface area contributed by atoms with E-state index in [9.17, 15) is 24.6 Å². The number of aliphatic hydroxyl groups is 1. The first-order chi connectivity index (χ1) is 18.9. The Labute approximate surface area is 234 Å². The van der Waals surface area contributed by atoms with Crippen molar-refractivity contribution < 1.29 is 38.8 Å². The first-order valence-electron chi connectivity index (χ1n) is 13.9. The average Bonchev–Trinajstić information content (AvgIpc) is 2.89. The lowest BCUT2D eigenvalue weighted by molar-refractivity contribution is -0.261. The first kappa shape index (κ1) is 29.6. The molecule has 1 amide bonds. The van der Waals surface area contributed by atoms with Crippen LogP contribution in [0.3, 0.4) is 0 Å². The van der Waals surface area contributed by atoms with Crippen LogP contribution in [0.4, 0.5) is 5.69 Å². The molecule has 0 aliphatic carbocycles. The van der Waals surface area contributed by atoms with Crippen molar-refractivity contribution in [2.45, 2.75) is 90.8 Å². The standard InChI is InChI=1S/C31H39NO8/c1-6-20-8-9-26(24(34)13-17(2)3)38-30(37)18(4)7-10-27(36)32-23-15-21(33)14-22-28-19(5)25(35)16-31(39-28,12-11-20)40-29(22)23/h7-9,13-15,19-20,24,26,28,33-34H,6,10-12,16H2,1-5H3,(H,32,36)/t19-,20+,24+,26+,28+,31+/m1/s1. The van der Waals surface area contributed by atoms with Crippen LogP contribution in [0, 0.1) is 11.8 Å². The summed E-state index contributed by atoms with van der Waals surface area (Å²) in [6.07, 6.45) is 5.73. The molecule has 1 aromatic rings. The summed E-state index contributed by atoms with van der Waals surface area (Å²) >= 11 is 0. The minimum absolute atomic E-state index is 0.00254. The van der Waals surface area contributed by atoms with Gasteiger partial charge in [0.25, 0.3) is 0 Å². The summed E-state index contributed by atoms with van der Waals surface area (Å²) in [6, 6.07) is 2.91. The van der Waals surface area contributed by atoms with Gasteiger partial charge in [-0.15, -0.1) is 0 Å². The van der Waals surface area contributed by atoms with Gasteiger partial charge in [-0.05, 0) is 51.7 Å². The van der Waals surface area contributed by atoms with Crippen molar-refractivity contribution in [2.75, 3.05) is 5.32 Å². The Hall–Kier alpha value is -3.43. The fourth-order valence-corrected chi connectivity index (χ4v) is 5.32. The number of aromatic hydroxyl groups is 1. The molecule has 3 aliphatic heterocycles. The van der Waals surface area contributed by atoms with E-state index in [4.69, 9.17) is 14.2 Å². The number of anilines is 1. The van der Waals surface area contributed by atoms with Crippen LogP contribution in [-0.2, 0) is 23.9 Å². The number of hydrogen-bond acceptors (Lipinski definition) is 8.